The Bertz CT molecular complexity index is 549. The van der Waals surface area contributed by atoms with Gasteiger partial charge in [0.15, 0.2) is 0 Å². The number of anilines is 2. The van der Waals surface area contributed by atoms with Gasteiger partial charge in [-0.05, 0) is 27.2 Å². The SMILES string of the molecule is CC(C)(C)OC(=O)N1CCC2C(CNc3nc(N)nn32)C1. The average molecular weight is 294 g/mol. The molecule has 0 spiro atoms. The first-order chi connectivity index (χ1) is 9.83. The first-order valence-electron chi connectivity index (χ1n) is 7.27. The molecule has 0 aromatic carbocycles. The molecule has 8 nitrogen and oxygen atoms in total. The summed E-state index contributed by atoms with van der Waals surface area (Å²) in [7, 11) is 0. The molecule has 1 saturated heterocycles. The van der Waals surface area contributed by atoms with E-state index in [9.17, 15) is 4.79 Å². The fourth-order valence-electron chi connectivity index (χ4n) is 2.95. The molecule has 2 atom stereocenters. The van der Waals surface area contributed by atoms with Gasteiger partial charge in [-0.1, -0.05) is 0 Å². The highest BCUT2D eigenvalue weighted by atomic mass is 16.6. The zero-order valence-corrected chi connectivity index (χ0v) is 12.7. The number of nitrogens with one attached hydrogen (secondary N) is 1. The number of ether oxygens (including phenoxy) is 1. The Labute approximate surface area is 123 Å². The summed E-state index contributed by atoms with van der Waals surface area (Å²) in [4.78, 5) is 18.1. The normalized spacial score (nSPS) is 24.8. The van der Waals surface area contributed by atoms with Crippen molar-refractivity contribution in [3.05, 3.63) is 0 Å². The van der Waals surface area contributed by atoms with Gasteiger partial charge in [0, 0.05) is 25.6 Å². The zero-order chi connectivity index (χ0) is 15.2. The summed E-state index contributed by atoms with van der Waals surface area (Å²) in [6, 6.07) is 0.240. The fourth-order valence-corrected chi connectivity index (χ4v) is 2.95. The number of carbonyl (C=O) groups is 1. The molecule has 0 bridgehead atoms. The van der Waals surface area contributed by atoms with E-state index < -0.39 is 5.60 Å². The molecular formula is C13H22N6O2. The topological polar surface area (TPSA) is 98.3 Å². The average Bonchev–Trinajstić information content (AvgIpc) is 2.76. The summed E-state index contributed by atoms with van der Waals surface area (Å²) < 4.78 is 7.30. The number of nitrogens with zero attached hydrogens (tertiary/aromatic N) is 4. The molecule has 1 fully saturated rings. The Morgan fingerprint density at radius 3 is 2.95 bits per heavy atom. The van der Waals surface area contributed by atoms with E-state index in [1.54, 1.807) is 4.90 Å². The lowest BCUT2D eigenvalue weighted by molar-refractivity contribution is 0.0107. The molecule has 0 radical (unpaired) electrons. The molecular weight excluding hydrogens is 272 g/mol. The van der Waals surface area contributed by atoms with Crippen LogP contribution in [-0.4, -0.2) is 51.0 Å². The monoisotopic (exact) mass is 294 g/mol. The summed E-state index contributed by atoms with van der Waals surface area (Å²) in [6.45, 7) is 7.72. The van der Waals surface area contributed by atoms with Crippen LogP contribution in [0, 0.1) is 5.92 Å². The molecule has 3 rings (SSSR count). The second-order valence-corrected chi connectivity index (χ2v) is 6.66. The van der Waals surface area contributed by atoms with Gasteiger partial charge in [-0.15, -0.1) is 5.10 Å². The van der Waals surface area contributed by atoms with Gasteiger partial charge in [0.2, 0.25) is 11.9 Å². The predicted octanol–water partition coefficient (Wildman–Crippen LogP) is 1.08. The van der Waals surface area contributed by atoms with Crippen LogP contribution in [0.4, 0.5) is 16.7 Å². The Morgan fingerprint density at radius 2 is 2.24 bits per heavy atom. The van der Waals surface area contributed by atoms with Crippen molar-refractivity contribution in [3.63, 3.8) is 0 Å². The van der Waals surface area contributed by atoms with Crippen molar-refractivity contribution in [2.24, 2.45) is 5.92 Å². The van der Waals surface area contributed by atoms with Crippen LogP contribution in [0.1, 0.15) is 33.2 Å². The molecule has 0 saturated carbocycles. The van der Waals surface area contributed by atoms with Crippen molar-refractivity contribution in [1.29, 1.82) is 0 Å². The lowest BCUT2D eigenvalue weighted by Gasteiger charge is -2.41. The third kappa shape index (κ3) is 2.74. The Balaban J connectivity index is 1.69. The number of rotatable bonds is 0. The van der Waals surface area contributed by atoms with Crippen LogP contribution in [0.5, 0.6) is 0 Å². The number of carbonyl (C=O) groups excluding carboxylic acids is 1. The summed E-state index contributed by atoms with van der Waals surface area (Å²) in [5.74, 6) is 1.30. The Kier molecular flexibility index (Phi) is 3.18. The standard InChI is InChI=1S/C13H22N6O2/c1-13(2,3)21-12(20)18-5-4-9-8(7-18)6-15-11-16-10(14)17-19(9)11/h8-9H,4-7H2,1-3H3,(H3,14,15,16,17). The molecule has 116 valence electrons. The van der Waals surface area contributed by atoms with E-state index in [4.69, 9.17) is 10.5 Å². The minimum Gasteiger partial charge on any atom is -0.444 e. The van der Waals surface area contributed by atoms with Gasteiger partial charge in [-0.25, -0.2) is 9.48 Å². The van der Waals surface area contributed by atoms with E-state index in [-0.39, 0.29) is 18.1 Å². The number of hydrogen-bond acceptors (Lipinski definition) is 6. The second kappa shape index (κ2) is 4.78. The van der Waals surface area contributed by atoms with Crippen molar-refractivity contribution in [2.45, 2.75) is 38.8 Å². The second-order valence-electron chi connectivity index (χ2n) is 6.66. The summed E-state index contributed by atoms with van der Waals surface area (Å²) in [5, 5.41) is 7.47. The van der Waals surface area contributed by atoms with Crippen molar-refractivity contribution in [1.82, 2.24) is 19.7 Å². The third-order valence-electron chi connectivity index (χ3n) is 3.83. The van der Waals surface area contributed by atoms with Crippen LogP contribution in [-0.2, 0) is 4.74 Å². The quantitative estimate of drug-likeness (QED) is 0.743. The molecule has 1 amide bonds. The van der Waals surface area contributed by atoms with E-state index in [0.29, 0.717) is 19.0 Å². The molecule has 2 aliphatic rings. The number of aromatic nitrogens is 3. The largest absolute Gasteiger partial charge is 0.444 e. The van der Waals surface area contributed by atoms with Gasteiger partial charge in [0.25, 0.3) is 0 Å². The van der Waals surface area contributed by atoms with E-state index in [0.717, 1.165) is 18.9 Å². The smallest absolute Gasteiger partial charge is 0.410 e. The third-order valence-corrected chi connectivity index (χ3v) is 3.83. The fraction of sp³-hybridized carbons (Fsp3) is 0.769. The number of amides is 1. The van der Waals surface area contributed by atoms with Crippen LogP contribution < -0.4 is 11.1 Å². The first-order valence-corrected chi connectivity index (χ1v) is 7.27. The first kappa shape index (κ1) is 14.0. The highest BCUT2D eigenvalue weighted by Gasteiger charge is 2.38. The summed E-state index contributed by atoms with van der Waals surface area (Å²) in [5.41, 5.74) is 5.19. The number of piperidine rings is 1. The molecule has 21 heavy (non-hydrogen) atoms. The number of likely N-dealkylation sites (tertiary alicyclic amines) is 1. The van der Waals surface area contributed by atoms with Gasteiger partial charge >= 0.3 is 6.09 Å². The number of hydrogen-bond donors (Lipinski definition) is 2. The Hall–Kier alpha value is -1.99. The summed E-state index contributed by atoms with van der Waals surface area (Å²) in [6.07, 6.45) is 0.589. The van der Waals surface area contributed by atoms with Crippen LogP contribution in [0.3, 0.4) is 0 Å². The van der Waals surface area contributed by atoms with Crippen LogP contribution in [0.15, 0.2) is 0 Å². The summed E-state index contributed by atoms with van der Waals surface area (Å²) >= 11 is 0. The molecule has 2 unspecified atom stereocenters. The predicted molar refractivity (Wildman–Crippen MR) is 77.9 cm³/mol. The Morgan fingerprint density at radius 1 is 1.48 bits per heavy atom. The molecule has 2 aliphatic heterocycles. The zero-order valence-electron chi connectivity index (χ0n) is 12.7. The van der Waals surface area contributed by atoms with Crippen molar-refractivity contribution >= 4 is 18.0 Å². The number of nitrogens with two attached hydrogens (primary N) is 1. The van der Waals surface area contributed by atoms with Gasteiger partial charge in [-0.2, -0.15) is 4.98 Å². The van der Waals surface area contributed by atoms with E-state index in [1.807, 2.05) is 25.5 Å². The molecule has 3 heterocycles. The lowest BCUT2D eigenvalue weighted by atomic mass is 9.91. The van der Waals surface area contributed by atoms with Crippen LogP contribution in [0.2, 0.25) is 0 Å². The van der Waals surface area contributed by atoms with Crippen molar-refractivity contribution in [2.75, 3.05) is 30.7 Å². The van der Waals surface area contributed by atoms with Crippen molar-refractivity contribution < 1.29 is 9.53 Å². The van der Waals surface area contributed by atoms with E-state index in [1.165, 1.54) is 0 Å². The van der Waals surface area contributed by atoms with Gasteiger partial charge < -0.3 is 20.7 Å². The van der Waals surface area contributed by atoms with Crippen LogP contribution >= 0.6 is 0 Å². The minimum absolute atomic E-state index is 0.240. The van der Waals surface area contributed by atoms with Gasteiger partial charge in [0.1, 0.15) is 5.60 Å². The maximum atomic E-state index is 12.2. The van der Waals surface area contributed by atoms with Crippen LogP contribution in [0.25, 0.3) is 0 Å². The maximum Gasteiger partial charge on any atom is 0.410 e. The highest BCUT2D eigenvalue weighted by Crippen LogP contribution is 2.34. The van der Waals surface area contributed by atoms with E-state index in [2.05, 4.69) is 15.4 Å². The lowest BCUT2D eigenvalue weighted by Crippen LogP contribution is -2.50. The highest BCUT2D eigenvalue weighted by molar-refractivity contribution is 5.68. The van der Waals surface area contributed by atoms with E-state index >= 15 is 0 Å². The number of fused-ring (bicyclic) bond motifs is 3. The minimum atomic E-state index is -0.466. The van der Waals surface area contributed by atoms with Gasteiger partial charge in [0.05, 0.1) is 6.04 Å². The molecule has 3 N–H and O–H groups in total. The molecule has 1 aromatic heterocycles. The number of nitrogen functional groups attached to an aromatic ring is 1. The molecule has 0 aliphatic carbocycles. The van der Waals surface area contributed by atoms with Gasteiger partial charge in [-0.3, -0.25) is 0 Å². The molecule has 8 heteroatoms. The maximum absolute atomic E-state index is 12.2. The molecule has 1 aromatic rings. The van der Waals surface area contributed by atoms with Crippen molar-refractivity contribution in [3.8, 4) is 0 Å².